The van der Waals surface area contributed by atoms with Crippen molar-refractivity contribution < 1.29 is 9.90 Å². The summed E-state index contributed by atoms with van der Waals surface area (Å²) < 4.78 is 0. The van der Waals surface area contributed by atoms with Crippen molar-refractivity contribution in [2.45, 2.75) is 20.3 Å². The minimum atomic E-state index is -0.641. The monoisotopic (exact) mass is 185 g/mol. The van der Waals surface area contributed by atoms with E-state index in [-0.39, 0.29) is 5.92 Å². The van der Waals surface area contributed by atoms with Crippen LogP contribution in [0.15, 0.2) is 0 Å². The highest BCUT2D eigenvalue weighted by Gasteiger charge is 2.30. The maximum Gasteiger partial charge on any atom is 0.307 e. The van der Waals surface area contributed by atoms with Crippen molar-refractivity contribution in [1.29, 1.82) is 0 Å². The molecule has 1 aliphatic heterocycles. The molecule has 0 aromatic heterocycles. The van der Waals surface area contributed by atoms with Gasteiger partial charge in [0.1, 0.15) is 0 Å². The molecule has 0 bridgehead atoms. The molecule has 13 heavy (non-hydrogen) atoms. The number of hydrogen-bond acceptors (Lipinski definition) is 2. The summed E-state index contributed by atoms with van der Waals surface area (Å²) in [6.45, 7) is 6.09. The fraction of sp³-hybridized carbons (Fsp3) is 0.900. The Morgan fingerprint density at radius 2 is 2.08 bits per heavy atom. The van der Waals surface area contributed by atoms with Crippen LogP contribution >= 0.6 is 0 Å². The van der Waals surface area contributed by atoms with Gasteiger partial charge in [0, 0.05) is 13.1 Å². The van der Waals surface area contributed by atoms with Gasteiger partial charge in [-0.25, -0.2) is 0 Å². The largest absolute Gasteiger partial charge is 0.481 e. The Kier molecular flexibility index (Phi) is 3.31. The first-order valence-corrected chi connectivity index (χ1v) is 4.92. The van der Waals surface area contributed by atoms with Crippen LogP contribution in [-0.2, 0) is 4.79 Å². The van der Waals surface area contributed by atoms with E-state index < -0.39 is 5.97 Å². The number of carboxylic acid groups (broad SMARTS) is 1. The lowest BCUT2D eigenvalue weighted by Gasteiger charge is -2.35. The first kappa shape index (κ1) is 10.5. The normalized spacial score (nSPS) is 30.8. The van der Waals surface area contributed by atoms with Gasteiger partial charge in [0.15, 0.2) is 0 Å². The zero-order valence-electron chi connectivity index (χ0n) is 8.66. The van der Waals surface area contributed by atoms with Gasteiger partial charge < -0.3 is 10.0 Å². The Labute approximate surface area is 79.7 Å². The van der Waals surface area contributed by atoms with Crippen molar-refractivity contribution in [3.05, 3.63) is 0 Å². The summed E-state index contributed by atoms with van der Waals surface area (Å²) in [7, 11) is 2.00. The Morgan fingerprint density at radius 3 is 2.54 bits per heavy atom. The fourth-order valence-corrected chi connectivity index (χ4v) is 2.03. The van der Waals surface area contributed by atoms with E-state index in [1.54, 1.807) is 0 Å². The van der Waals surface area contributed by atoms with Crippen molar-refractivity contribution in [1.82, 2.24) is 4.90 Å². The van der Waals surface area contributed by atoms with E-state index in [1.165, 1.54) is 0 Å². The van der Waals surface area contributed by atoms with Gasteiger partial charge in [-0.2, -0.15) is 0 Å². The maximum absolute atomic E-state index is 10.8. The number of piperidine rings is 1. The van der Waals surface area contributed by atoms with Gasteiger partial charge in [0.2, 0.25) is 0 Å². The van der Waals surface area contributed by atoms with Crippen LogP contribution in [0.4, 0.5) is 0 Å². The van der Waals surface area contributed by atoms with Crippen LogP contribution in [0, 0.1) is 17.8 Å². The Bertz CT molecular complexity index is 191. The maximum atomic E-state index is 10.8. The molecule has 2 unspecified atom stereocenters. The average molecular weight is 185 g/mol. The second-order valence-electron chi connectivity index (χ2n) is 4.50. The van der Waals surface area contributed by atoms with Crippen molar-refractivity contribution in [3.63, 3.8) is 0 Å². The van der Waals surface area contributed by atoms with E-state index in [0.717, 1.165) is 13.0 Å². The molecular weight excluding hydrogens is 166 g/mol. The Balaban J connectivity index is 2.57. The number of likely N-dealkylation sites (tertiary alicyclic amines) is 1. The van der Waals surface area contributed by atoms with Crippen LogP contribution in [0.5, 0.6) is 0 Å². The molecule has 3 heteroatoms. The number of carboxylic acids is 1. The summed E-state index contributed by atoms with van der Waals surface area (Å²) in [5, 5.41) is 8.93. The molecule has 1 rings (SSSR count). The van der Waals surface area contributed by atoms with Crippen LogP contribution in [0.25, 0.3) is 0 Å². The van der Waals surface area contributed by atoms with Gasteiger partial charge in [-0.15, -0.1) is 0 Å². The summed E-state index contributed by atoms with van der Waals surface area (Å²) in [6, 6.07) is 0. The van der Waals surface area contributed by atoms with Gasteiger partial charge in [-0.1, -0.05) is 13.8 Å². The predicted octanol–water partition coefficient (Wildman–Crippen LogP) is 1.29. The molecule has 0 aromatic rings. The highest BCUT2D eigenvalue weighted by atomic mass is 16.4. The average Bonchev–Trinajstić information content (AvgIpc) is 2.03. The third kappa shape index (κ3) is 2.69. The molecule has 1 N–H and O–H groups in total. The predicted molar refractivity (Wildman–Crippen MR) is 51.6 cm³/mol. The van der Waals surface area contributed by atoms with E-state index in [1.807, 2.05) is 7.05 Å². The van der Waals surface area contributed by atoms with Crippen LogP contribution in [0.2, 0.25) is 0 Å². The minimum absolute atomic E-state index is 0.161. The van der Waals surface area contributed by atoms with Crippen molar-refractivity contribution in [2.75, 3.05) is 20.1 Å². The van der Waals surface area contributed by atoms with E-state index in [2.05, 4.69) is 18.7 Å². The Morgan fingerprint density at radius 1 is 1.46 bits per heavy atom. The smallest absolute Gasteiger partial charge is 0.307 e. The molecular formula is C10H19NO2. The third-order valence-corrected chi connectivity index (χ3v) is 2.96. The van der Waals surface area contributed by atoms with Gasteiger partial charge >= 0.3 is 5.97 Å². The number of nitrogens with zero attached hydrogens (tertiary/aromatic N) is 1. The van der Waals surface area contributed by atoms with Gasteiger partial charge in [-0.05, 0) is 25.3 Å². The fourth-order valence-electron chi connectivity index (χ4n) is 2.03. The molecule has 0 spiro atoms. The Hall–Kier alpha value is -0.570. The molecule has 0 aliphatic carbocycles. The van der Waals surface area contributed by atoms with E-state index in [0.29, 0.717) is 18.4 Å². The van der Waals surface area contributed by atoms with E-state index >= 15 is 0 Å². The van der Waals surface area contributed by atoms with E-state index in [4.69, 9.17) is 5.11 Å². The number of rotatable bonds is 2. The molecule has 76 valence electrons. The molecule has 0 amide bonds. The summed E-state index contributed by atoms with van der Waals surface area (Å²) >= 11 is 0. The number of aliphatic carboxylic acids is 1. The van der Waals surface area contributed by atoms with Crippen molar-refractivity contribution >= 4 is 5.97 Å². The molecule has 2 atom stereocenters. The van der Waals surface area contributed by atoms with Crippen molar-refractivity contribution in [2.24, 2.45) is 17.8 Å². The minimum Gasteiger partial charge on any atom is -0.481 e. The lowest BCUT2D eigenvalue weighted by Crippen LogP contribution is -2.42. The van der Waals surface area contributed by atoms with E-state index in [9.17, 15) is 4.79 Å². The standard InChI is InChI=1S/C10H19NO2/c1-7(2)8-4-9(10(12)13)6-11(3)5-8/h7-9H,4-6H2,1-3H3,(H,12,13). The molecule has 1 aliphatic rings. The van der Waals surface area contributed by atoms with Crippen molar-refractivity contribution in [3.8, 4) is 0 Å². The lowest BCUT2D eigenvalue weighted by molar-refractivity contribution is -0.144. The first-order valence-electron chi connectivity index (χ1n) is 4.92. The summed E-state index contributed by atoms with van der Waals surface area (Å²) in [5.74, 6) is 0.327. The topological polar surface area (TPSA) is 40.5 Å². The molecule has 1 heterocycles. The lowest BCUT2D eigenvalue weighted by atomic mass is 9.82. The zero-order valence-corrected chi connectivity index (χ0v) is 8.66. The molecule has 1 saturated heterocycles. The zero-order chi connectivity index (χ0) is 10.0. The second-order valence-corrected chi connectivity index (χ2v) is 4.50. The van der Waals surface area contributed by atoms with Crippen LogP contribution in [0.1, 0.15) is 20.3 Å². The summed E-state index contributed by atoms with van der Waals surface area (Å²) in [6.07, 6.45) is 0.845. The van der Waals surface area contributed by atoms with Crippen LogP contribution in [0.3, 0.4) is 0 Å². The molecule has 0 aromatic carbocycles. The van der Waals surface area contributed by atoms with Crippen LogP contribution < -0.4 is 0 Å². The highest BCUT2D eigenvalue weighted by molar-refractivity contribution is 5.70. The second kappa shape index (κ2) is 4.09. The van der Waals surface area contributed by atoms with Gasteiger partial charge in [0.05, 0.1) is 5.92 Å². The number of hydrogen-bond donors (Lipinski definition) is 1. The first-order chi connectivity index (χ1) is 6.00. The molecule has 0 radical (unpaired) electrons. The molecule has 1 fully saturated rings. The molecule has 0 saturated carbocycles. The molecule has 3 nitrogen and oxygen atoms in total. The quantitative estimate of drug-likeness (QED) is 0.705. The summed E-state index contributed by atoms with van der Waals surface area (Å²) in [4.78, 5) is 13.0. The van der Waals surface area contributed by atoms with Gasteiger partial charge in [-0.3, -0.25) is 4.79 Å². The number of carbonyl (C=O) groups is 1. The third-order valence-electron chi connectivity index (χ3n) is 2.96. The SMILES string of the molecule is CC(C)C1CC(C(=O)O)CN(C)C1. The van der Waals surface area contributed by atoms with Crippen LogP contribution in [-0.4, -0.2) is 36.1 Å². The van der Waals surface area contributed by atoms with Gasteiger partial charge in [0.25, 0.3) is 0 Å². The highest BCUT2D eigenvalue weighted by Crippen LogP contribution is 2.26. The summed E-state index contributed by atoms with van der Waals surface area (Å²) in [5.41, 5.74) is 0.